The number of H-pyrrole nitrogens is 1. The van der Waals surface area contributed by atoms with Gasteiger partial charge in [-0.3, -0.25) is 5.10 Å². The van der Waals surface area contributed by atoms with E-state index in [2.05, 4.69) is 20.5 Å². The molecule has 140 valence electrons. The van der Waals surface area contributed by atoms with Crippen LogP contribution in [0.5, 0.6) is 5.75 Å². The van der Waals surface area contributed by atoms with E-state index in [1.807, 2.05) is 6.92 Å². The van der Waals surface area contributed by atoms with Gasteiger partial charge in [-0.2, -0.15) is 5.10 Å². The van der Waals surface area contributed by atoms with Crippen LogP contribution in [-0.4, -0.2) is 46.3 Å². The summed E-state index contributed by atoms with van der Waals surface area (Å²) in [7, 11) is 1.52. The summed E-state index contributed by atoms with van der Waals surface area (Å²) in [5, 5.41) is 10.8. The molecule has 1 aromatic heterocycles. The molecule has 2 amide bonds. The number of carbonyl (C=O) groups excluding carboxylic acids is 1. The Labute approximate surface area is 162 Å². The number of halogens is 2. The minimum atomic E-state index is -0.190. The largest absolute Gasteiger partial charge is 0.495 e. The number of carbonyl (C=O) groups is 1. The summed E-state index contributed by atoms with van der Waals surface area (Å²) in [4.78, 5) is 18.8. The second kappa shape index (κ2) is 8.14. The van der Waals surface area contributed by atoms with Gasteiger partial charge >= 0.3 is 6.03 Å². The van der Waals surface area contributed by atoms with E-state index in [0.717, 1.165) is 30.9 Å². The minimum absolute atomic E-state index is 0.190. The van der Waals surface area contributed by atoms with Crippen molar-refractivity contribution in [1.82, 2.24) is 20.1 Å². The molecule has 0 saturated carbocycles. The van der Waals surface area contributed by atoms with Crippen molar-refractivity contribution in [2.75, 3.05) is 25.5 Å². The minimum Gasteiger partial charge on any atom is -0.495 e. The number of nitrogens with zero attached hydrogens (tertiary/aromatic N) is 3. The van der Waals surface area contributed by atoms with Crippen LogP contribution in [0.2, 0.25) is 10.0 Å². The van der Waals surface area contributed by atoms with E-state index in [1.54, 1.807) is 17.0 Å². The number of anilines is 1. The first-order chi connectivity index (χ1) is 12.5. The number of aromatic nitrogens is 3. The molecule has 3 rings (SSSR count). The van der Waals surface area contributed by atoms with Gasteiger partial charge in [0.2, 0.25) is 0 Å². The Morgan fingerprint density at radius 2 is 2.04 bits per heavy atom. The van der Waals surface area contributed by atoms with Crippen molar-refractivity contribution in [2.45, 2.75) is 32.1 Å². The van der Waals surface area contributed by atoms with Crippen molar-refractivity contribution in [3.8, 4) is 5.75 Å². The monoisotopic (exact) mass is 397 g/mol. The highest BCUT2D eigenvalue weighted by atomic mass is 35.5. The van der Waals surface area contributed by atoms with Crippen LogP contribution in [-0.2, 0) is 6.42 Å². The number of urea groups is 1. The summed E-state index contributed by atoms with van der Waals surface area (Å²) >= 11 is 12.0. The molecule has 7 nitrogen and oxygen atoms in total. The lowest BCUT2D eigenvalue weighted by molar-refractivity contribution is 0.193. The van der Waals surface area contributed by atoms with Crippen LogP contribution in [0.25, 0.3) is 0 Å². The van der Waals surface area contributed by atoms with Gasteiger partial charge in [0, 0.05) is 31.5 Å². The van der Waals surface area contributed by atoms with Crippen LogP contribution in [0.4, 0.5) is 10.5 Å². The van der Waals surface area contributed by atoms with Gasteiger partial charge in [0.25, 0.3) is 0 Å². The summed E-state index contributed by atoms with van der Waals surface area (Å²) in [5.74, 6) is 2.48. The smallest absolute Gasteiger partial charge is 0.321 e. The average molecular weight is 398 g/mol. The highest BCUT2D eigenvalue weighted by molar-refractivity contribution is 6.42. The Bertz CT molecular complexity index is 787. The summed E-state index contributed by atoms with van der Waals surface area (Å²) in [6.45, 7) is 3.31. The zero-order chi connectivity index (χ0) is 18.7. The van der Waals surface area contributed by atoms with Gasteiger partial charge in [-0.1, -0.05) is 30.1 Å². The van der Waals surface area contributed by atoms with Gasteiger partial charge in [0.05, 0.1) is 22.8 Å². The van der Waals surface area contributed by atoms with Crippen LogP contribution in [0.3, 0.4) is 0 Å². The predicted molar refractivity (Wildman–Crippen MR) is 101 cm³/mol. The lowest BCUT2D eigenvalue weighted by Gasteiger charge is -2.31. The highest BCUT2D eigenvalue weighted by Crippen LogP contribution is 2.34. The van der Waals surface area contributed by atoms with Gasteiger partial charge in [-0.25, -0.2) is 9.78 Å². The third-order valence-electron chi connectivity index (χ3n) is 4.52. The topological polar surface area (TPSA) is 83.1 Å². The van der Waals surface area contributed by atoms with Crippen LogP contribution in [0, 0.1) is 0 Å². The lowest BCUT2D eigenvalue weighted by Crippen LogP contribution is -2.40. The first kappa shape index (κ1) is 18.8. The zero-order valence-electron chi connectivity index (χ0n) is 14.7. The predicted octanol–water partition coefficient (Wildman–Crippen LogP) is 4.09. The first-order valence-corrected chi connectivity index (χ1v) is 9.27. The van der Waals surface area contributed by atoms with Gasteiger partial charge in [-0.15, -0.1) is 0 Å². The maximum atomic E-state index is 12.6. The summed E-state index contributed by atoms with van der Waals surface area (Å²) in [5.41, 5.74) is 0.496. The number of aryl methyl sites for hydroxylation is 1. The molecule has 1 fully saturated rings. The average Bonchev–Trinajstić information content (AvgIpc) is 3.14. The Hall–Kier alpha value is -1.99. The molecule has 1 aliphatic heterocycles. The number of ether oxygens (including phenoxy) is 1. The van der Waals surface area contributed by atoms with Crippen molar-refractivity contribution in [3.63, 3.8) is 0 Å². The number of benzene rings is 1. The third kappa shape index (κ3) is 4.04. The molecular weight excluding hydrogens is 377 g/mol. The quantitative estimate of drug-likeness (QED) is 0.813. The number of likely N-dealkylation sites (tertiary alicyclic amines) is 1. The molecule has 2 heterocycles. The highest BCUT2D eigenvalue weighted by Gasteiger charge is 2.26. The second-order valence-electron chi connectivity index (χ2n) is 6.15. The standard InChI is InChI=1S/C17H21Cl2N5O2/c1-3-15-21-16(23-22-15)10-4-6-24(7-5-10)17(25)20-13-8-11(18)12(19)9-14(13)26-2/h8-10H,3-7H2,1-2H3,(H,20,25)(H,21,22,23). The molecule has 0 radical (unpaired) electrons. The first-order valence-electron chi connectivity index (χ1n) is 8.52. The second-order valence-corrected chi connectivity index (χ2v) is 6.97. The number of rotatable bonds is 4. The van der Waals surface area contributed by atoms with Crippen molar-refractivity contribution < 1.29 is 9.53 Å². The molecule has 0 aliphatic carbocycles. The molecule has 2 aromatic rings. The van der Waals surface area contributed by atoms with Gasteiger partial charge in [0.1, 0.15) is 11.6 Å². The Morgan fingerprint density at radius 1 is 1.35 bits per heavy atom. The molecule has 26 heavy (non-hydrogen) atoms. The molecule has 9 heteroatoms. The number of nitrogens with one attached hydrogen (secondary N) is 2. The maximum Gasteiger partial charge on any atom is 0.321 e. The summed E-state index contributed by atoms with van der Waals surface area (Å²) in [6, 6.07) is 2.98. The number of methoxy groups -OCH3 is 1. The number of piperidine rings is 1. The normalized spacial score (nSPS) is 15.2. The SMILES string of the molecule is CCc1nc(C2CCN(C(=O)Nc3cc(Cl)c(Cl)cc3OC)CC2)n[nH]1. The number of amides is 2. The van der Waals surface area contributed by atoms with Gasteiger partial charge in [-0.05, 0) is 18.9 Å². The van der Waals surface area contributed by atoms with Crippen LogP contribution in [0.1, 0.15) is 37.3 Å². The van der Waals surface area contributed by atoms with E-state index in [1.165, 1.54) is 7.11 Å². The van der Waals surface area contributed by atoms with Crippen LogP contribution < -0.4 is 10.1 Å². The van der Waals surface area contributed by atoms with Crippen LogP contribution in [0.15, 0.2) is 12.1 Å². The van der Waals surface area contributed by atoms with E-state index in [4.69, 9.17) is 27.9 Å². The fourth-order valence-corrected chi connectivity index (χ4v) is 3.30. The Kier molecular flexibility index (Phi) is 5.88. The van der Waals surface area contributed by atoms with Gasteiger partial charge < -0.3 is 15.0 Å². The maximum absolute atomic E-state index is 12.6. The summed E-state index contributed by atoms with van der Waals surface area (Å²) < 4.78 is 5.26. The molecule has 0 atom stereocenters. The number of hydrogen-bond acceptors (Lipinski definition) is 4. The molecule has 1 aliphatic rings. The fraction of sp³-hybridized carbons (Fsp3) is 0.471. The number of aromatic amines is 1. The van der Waals surface area contributed by atoms with Crippen molar-refractivity contribution in [2.24, 2.45) is 0 Å². The molecule has 0 bridgehead atoms. The van der Waals surface area contributed by atoms with E-state index >= 15 is 0 Å². The number of hydrogen-bond donors (Lipinski definition) is 2. The molecule has 0 spiro atoms. The van der Waals surface area contributed by atoms with Crippen LogP contribution >= 0.6 is 23.2 Å². The van der Waals surface area contributed by atoms with Crippen molar-refractivity contribution >= 4 is 34.9 Å². The Morgan fingerprint density at radius 3 is 2.65 bits per heavy atom. The molecule has 0 unspecified atom stereocenters. The van der Waals surface area contributed by atoms with Crippen molar-refractivity contribution in [1.29, 1.82) is 0 Å². The molecule has 2 N–H and O–H groups in total. The van der Waals surface area contributed by atoms with E-state index < -0.39 is 0 Å². The van der Waals surface area contributed by atoms with Gasteiger partial charge in [0.15, 0.2) is 5.82 Å². The van der Waals surface area contributed by atoms with E-state index in [-0.39, 0.29) is 11.9 Å². The van der Waals surface area contributed by atoms with E-state index in [0.29, 0.717) is 34.6 Å². The Balaban J connectivity index is 1.61. The molecular formula is C17H21Cl2N5O2. The fourth-order valence-electron chi connectivity index (χ4n) is 2.98. The van der Waals surface area contributed by atoms with Crippen molar-refractivity contribution in [3.05, 3.63) is 33.8 Å². The van der Waals surface area contributed by atoms with E-state index in [9.17, 15) is 4.79 Å². The molecule has 1 aromatic carbocycles. The lowest BCUT2D eigenvalue weighted by atomic mass is 9.96. The third-order valence-corrected chi connectivity index (χ3v) is 5.24. The summed E-state index contributed by atoms with van der Waals surface area (Å²) in [6.07, 6.45) is 2.49. The zero-order valence-corrected chi connectivity index (χ0v) is 16.2. The molecule has 1 saturated heterocycles.